The monoisotopic (exact) mass is 311 g/mol. The second kappa shape index (κ2) is 6.34. The molecule has 98 valence electrons. The van der Waals surface area contributed by atoms with Gasteiger partial charge >= 0.3 is 0 Å². The average Bonchev–Trinajstić information content (AvgIpc) is 3.15. The number of halogens is 1. The van der Waals surface area contributed by atoms with E-state index in [-0.39, 0.29) is 11.8 Å². The number of benzene rings is 1. The molecule has 1 aromatic carbocycles. The van der Waals surface area contributed by atoms with Crippen molar-refractivity contribution in [3.63, 3.8) is 0 Å². The number of nitrogens with one attached hydrogen (secondary N) is 1. The molecule has 1 fully saturated rings. The first-order valence-corrected chi connectivity index (χ1v) is 7.12. The molecule has 2 rings (SSSR count). The Bertz CT molecular complexity index is 405. The van der Waals surface area contributed by atoms with E-state index in [1.165, 1.54) is 5.56 Å². The van der Waals surface area contributed by atoms with E-state index in [0.717, 1.165) is 10.9 Å². The Morgan fingerprint density at radius 1 is 1.44 bits per heavy atom. The Balaban J connectivity index is 1.76. The first-order valence-electron chi connectivity index (χ1n) is 6.33. The van der Waals surface area contributed by atoms with E-state index in [1.807, 2.05) is 19.1 Å². The quantitative estimate of drug-likeness (QED) is 0.820. The van der Waals surface area contributed by atoms with Gasteiger partial charge in [0.05, 0.1) is 6.61 Å². The zero-order valence-electron chi connectivity index (χ0n) is 10.5. The summed E-state index contributed by atoms with van der Waals surface area (Å²) in [5.74, 6) is 0.695. The summed E-state index contributed by atoms with van der Waals surface area (Å²) in [7, 11) is 0. The molecule has 0 aromatic heterocycles. The summed E-state index contributed by atoms with van der Waals surface area (Å²) < 4.78 is 6.26. The van der Waals surface area contributed by atoms with Crippen LogP contribution in [0.4, 0.5) is 0 Å². The molecule has 0 aliphatic heterocycles. The second-order valence-electron chi connectivity index (χ2n) is 4.49. The van der Waals surface area contributed by atoms with Gasteiger partial charge < -0.3 is 10.1 Å². The Morgan fingerprint density at radius 3 is 2.83 bits per heavy atom. The summed E-state index contributed by atoms with van der Waals surface area (Å²) in [5.41, 5.74) is 1.25. The zero-order chi connectivity index (χ0) is 13.0. The highest BCUT2D eigenvalue weighted by Gasteiger charge is 2.43. The van der Waals surface area contributed by atoms with Gasteiger partial charge in [-0.15, -0.1) is 0 Å². The highest BCUT2D eigenvalue weighted by Crippen LogP contribution is 2.47. The van der Waals surface area contributed by atoms with Crippen molar-refractivity contribution in [2.45, 2.75) is 19.3 Å². The maximum absolute atomic E-state index is 11.8. The van der Waals surface area contributed by atoms with E-state index < -0.39 is 0 Å². The standard InChI is InChI=1S/C14H18BrNO2/c1-2-18-8-7-16-14(17)13-9-12(13)10-3-5-11(15)6-4-10/h3-6,12-13H,2,7-9H2,1H3,(H,16,17). The number of ether oxygens (including phenoxy) is 1. The SMILES string of the molecule is CCOCCNC(=O)C1CC1c1ccc(Br)cc1. The van der Waals surface area contributed by atoms with Crippen molar-refractivity contribution in [2.24, 2.45) is 5.92 Å². The molecular formula is C14H18BrNO2. The van der Waals surface area contributed by atoms with Crippen LogP contribution < -0.4 is 5.32 Å². The fourth-order valence-electron chi connectivity index (χ4n) is 2.08. The van der Waals surface area contributed by atoms with Crippen molar-refractivity contribution in [3.05, 3.63) is 34.3 Å². The van der Waals surface area contributed by atoms with Crippen molar-refractivity contribution < 1.29 is 9.53 Å². The predicted octanol–water partition coefficient (Wildman–Crippen LogP) is 2.71. The maximum Gasteiger partial charge on any atom is 0.223 e. The minimum Gasteiger partial charge on any atom is -0.380 e. The lowest BCUT2D eigenvalue weighted by atomic mass is 10.1. The molecule has 1 saturated carbocycles. The summed E-state index contributed by atoms with van der Waals surface area (Å²) in [6, 6.07) is 8.22. The normalized spacial score (nSPS) is 21.7. The number of rotatable bonds is 6. The molecule has 0 saturated heterocycles. The van der Waals surface area contributed by atoms with Crippen molar-refractivity contribution in [1.82, 2.24) is 5.32 Å². The van der Waals surface area contributed by atoms with Crippen LogP contribution in [-0.2, 0) is 9.53 Å². The lowest BCUT2D eigenvalue weighted by molar-refractivity contribution is -0.122. The molecule has 1 aromatic rings. The Hall–Kier alpha value is -0.870. The molecule has 4 heteroatoms. The molecular weight excluding hydrogens is 294 g/mol. The third kappa shape index (κ3) is 3.56. The van der Waals surface area contributed by atoms with Gasteiger partial charge in [0.1, 0.15) is 0 Å². The number of carbonyl (C=O) groups excluding carboxylic acids is 1. The lowest BCUT2D eigenvalue weighted by Crippen LogP contribution is -2.28. The minimum atomic E-state index is 0.146. The first kappa shape index (κ1) is 13.6. The Kier molecular flexibility index (Phi) is 4.78. The third-order valence-corrected chi connectivity index (χ3v) is 3.70. The molecule has 2 unspecified atom stereocenters. The van der Waals surface area contributed by atoms with Crippen LogP contribution in [0.3, 0.4) is 0 Å². The van der Waals surface area contributed by atoms with Crippen molar-refractivity contribution in [2.75, 3.05) is 19.8 Å². The van der Waals surface area contributed by atoms with Gasteiger partial charge in [0.2, 0.25) is 5.91 Å². The second-order valence-corrected chi connectivity index (χ2v) is 5.40. The molecule has 1 aliphatic rings. The molecule has 1 aliphatic carbocycles. The van der Waals surface area contributed by atoms with Crippen LogP contribution in [0.2, 0.25) is 0 Å². The van der Waals surface area contributed by atoms with Crippen molar-refractivity contribution >= 4 is 21.8 Å². The van der Waals surface area contributed by atoms with E-state index in [2.05, 4.69) is 33.4 Å². The predicted molar refractivity (Wildman–Crippen MR) is 74.5 cm³/mol. The van der Waals surface area contributed by atoms with Gasteiger partial charge in [-0.05, 0) is 37.0 Å². The van der Waals surface area contributed by atoms with Gasteiger partial charge in [-0.2, -0.15) is 0 Å². The molecule has 1 amide bonds. The molecule has 0 bridgehead atoms. The van der Waals surface area contributed by atoms with E-state index in [0.29, 0.717) is 25.7 Å². The fourth-order valence-corrected chi connectivity index (χ4v) is 2.35. The molecule has 1 N–H and O–H groups in total. The van der Waals surface area contributed by atoms with Crippen LogP contribution in [0.25, 0.3) is 0 Å². The summed E-state index contributed by atoms with van der Waals surface area (Å²) in [6.07, 6.45) is 0.960. The Morgan fingerprint density at radius 2 is 2.17 bits per heavy atom. The molecule has 2 atom stereocenters. The topological polar surface area (TPSA) is 38.3 Å². The number of carbonyl (C=O) groups is 1. The summed E-state index contributed by atoms with van der Waals surface area (Å²) >= 11 is 3.41. The number of hydrogen-bond acceptors (Lipinski definition) is 2. The molecule has 0 radical (unpaired) electrons. The zero-order valence-corrected chi connectivity index (χ0v) is 12.1. The number of amides is 1. The van der Waals surface area contributed by atoms with Crippen LogP contribution in [0.5, 0.6) is 0 Å². The first-order chi connectivity index (χ1) is 8.72. The third-order valence-electron chi connectivity index (χ3n) is 3.18. The van der Waals surface area contributed by atoms with Gasteiger partial charge in [-0.25, -0.2) is 0 Å². The van der Waals surface area contributed by atoms with Crippen LogP contribution >= 0.6 is 15.9 Å². The molecule has 18 heavy (non-hydrogen) atoms. The molecule has 0 heterocycles. The van der Waals surface area contributed by atoms with E-state index in [4.69, 9.17) is 4.74 Å². The summed E-state index contributed by atoms with van der Waals surface area (Å²) in [4.78, 5) is 11.8. The average molecular weight is 312 g/mol. The van der Waals surface area contributed by atoms with Crippen LogP contribution in [0, 0.1) is 5.92 Å². The van der Waals surface area contributed by atoms with Gasteiger partial charge in [-0.1, -0.05) is 28.1 Å². The molecule has 3 nitrogen and oxygen atoms in total. The van der Waals surface area contributed by atoms with Crippen LogP contribution in [0.15, 0.2) is 28.7 Å². The Labute approximate surface area is 116 Å². The van der Waals surface area contributed by atoms with Crippen LogP contribution in [0.1, 0.15) is 24.8 Å². The smallest absolute Gasteiger partial charge is 0.223 e. The van der Waals surface area contributed by atoms with Gasteiger partial charge in [0.15, 0.2) is 0 Å². The van der Waals surface area contributed by atoms with E-state index in [9.17, 15) is 4.79 Å². The maximum atomic E-state index is 11.8. The summed E-state index contributed by atoms with van der Waals surface area (Å²) in [6.45, 7) is 3.85. The lowest BCUT2D eigenvalue weighted by Gasteiger charge is -2.05. The van der Waals surface area contributed by atoms with Crippen molar-refractivity contribution in [3.8, 4) is 0 Å². The molecule has 0 spiro atoms. The van der Waals surface area contributed by atoms with Gasteiger partial charge in [-0.3, -0.25) is 4.79 Å². The van der Waals surface area contributed by atoms with Crippen LogP contribution in [-0.4, -0.2) is 25.7 Å². The van der Waals surface area contributed by atoms with E-state index >= 15 is 0 Å². The largest absolute Gasteiger partial charge is 0.380 e. The summed E-state index contributed by atoms with van der Waals surface area (Å²) in [5, 5.41) is 2.92. The minimum absolute atomic E-state index is 0.146. The van der Waals surface area contributed by atoms with Crippen molar-refractivity contribution in [1.29, 1.82) is 0 Å². The van der Waals surface area contributed by atoms with E-state index in [1.54, 1.807) is 0 Å². The van der Waals surface area contributed by atoms with Gasteiger partial charge in [0.25, 0.3) is 0 Å². The fraction of sp³-hybridized carbons (Fsp3) is 0.500. The highest BCUT2D eigenvalue weighted by molar-refractivity contribution is 9.10. The van der Waals surface area contributed by atoms with Gasteiger partial charge in [0, 0.05) is 23.5 Å². The highest BCUT2D eigenvalue weighted by atomic mass is 79.9. The number of hydrogen-bond donors (Lipinski definition) is 1.